The fraction of sp³-hybridized carbons (Fsp3) is 0.417. The zero-order valence-corrected chi connectivity index (χ0v) is 20.9. The van der Waals surface area contributed by atoms with Crippen molar-refractivity contribution in [3.63, 3.8) is 0 Å². The molecular formula is C24H27B3N4O3S. The van der Waals surface area contributed by atoms with Gasteiger partial charge in [-0.3, -0.25) is 14.5 Å². The Labute approximate surface area is 214 Å². The number of anilines is 1. The molecule has 6 radical (unpaired) electrons. The normalized spacial score (nSPS) is 16.7. The molecule has 3 aromatic rings. The summed E-state index contributed by atoms with van der Waals surface area (Å²) in [6.45, 7) is 6.48. The summed E-state index contributed by atoms with van der Waals surface area (Å²) in [5, 5.41) is 4.56. The van der Waals surface area contributed by atoms with Crippen molar-refractivity contribution in [2.24, 2.45) is 5.14 Å². The van der Waals surface area contributed by atoms with Gasteiger partial charge in [0.2, 0.25) is 0 Å². The molecule has 1 fully saturated rings. The van der Waals surface area contributed by atoms with E-state index >= 15 is 0 Å². The monoisotopic (exact) mass is 484 g/mol. The molecule has 2 N–H and O–H groups in total. The molecule has 0 spiro atoms. The summed E-state index contributed by atoms with van der Waals surface area (Å²) in [6, 6.07) is 11.9. The van der Waals surface area contributed by atoms with Crippen LogP contribution in [0, 0.1) is 13.8 Å². The summed E-state index contributed by atoms with van der Waals surface area (Å²) < 4.78 is 12.7. The number of rotatable bonds is 8. The first kappa shape index (κ1) is 25.9. The third-order valence-corrected chi connectivity index (χ3v) is 6.73. The van der Waals surface area contributed by atoms with E-state index in [1.54, 1.807) is 4.57 Å². The van der Waals surface area contributed by atoms with E-state index in [0.717, 1.165) is 22.6 Å². The summed E-state index contributed by atoms with van der Waals surface area (Å²) in [5.41, 5.74) is 3.94. The van der Waals surface area contributed by atoms with Crippen LogP contribution in [0.25, 0.3) is 10.9 Å². The fourth-order valence-electron chi connectivity index (χ4n) is 4.33. The Morgan fingerprint density at radius 3 is 2.74 bits per heavy atom. The molecule has 7 nitrogen and oxygen atoms in total. The maximum atomic E-state index is 13.3. The Bertz CT molecular complexity index is 1270. The van der Waals surface area contributed by atoms with Crippen LogP contribution in [0.1, 0.15) is 17.0 Å². The molecule has 176 valence electrons. The SMILES string of the molecule is [B]C([B])([B])OCC1CN(c2ccc3c(=O)n(CCc4ccc(SN)cc4C)c(C)nc3c2)CCO1. The van der Waals surface area contributed by atoms with Crippen molar-refractivity contribution in [2.75, 3.05) is 31.2 Å². The molecule has 2 aromatic carbocycles. The molecule has 0 saturated carbocycles. The van der Waals surface area contributed by atoms with E-state index < -0.39 is 5.30 Å². The molecule has 11 heteroatoms. The van der Waals surface area contributed by atoms with Gasteiger partial charge >= 0.3 is 0 Å². The van der Waals surface area contributed by atoms with Gasteiger partial charge in [0.25, 0.3) is 5.56 Å². The zero-order valence-electron chi connectivity index (χ0n) is 20.1. The number of benzene rings is 2. The van der Waals surface area contributed by atoms with Gasteiger partial charge in [0.15, 0.2) is 0 Å². The van der Waals surface area contributed by atoms with Crippen LogP contribution >= 0.6 is 11.9 Å². The number of ether oxygens (including phenoxy) is 2. The van der Waals surface area contributed by atoms with Gasteiger partial charge in [0.1, 0.15) is 5.82 Å². The summed E-state index contributed by atoms with van der Waals surface area (Å²) in [7, 11) is 16.5. The lowest BCUT2D eigenvalue weighted by molar-refractivity contribution is -0.0263. The third kappa shape index (κ3) is 6.33. The standard InChI is InChI=1S/C24H27B3N4O3S/c1-15-11-20(35-28)5-3-17(15)7-8-31-16(2)29-22-12-18(4-6-21(22)23(31)32)30-9-10-33-19(13-30)14-34-24(25,26)27/h3-6,11-12,19H,7-10,13-14,28H2,1-2H3. The van der Waals surface area contributed by atoms with Gasteiger partial charge in [-0.1, -0.05) is 6.07 Å². The Hall–Kier alpha value is -2.20. The Balaban J connectivity index is 1.52. The van der Waals surface area contributed by atoms with Gasteiger partial charge in [0.05, 0.1) is 53.8 Å². The molecule has 1 aliphatic heterocycles. The number of fused-ring (bicyclic) bond motifs is 1. The van der Waals surface area contributed by atoms with Crippen molar-refractivity contribution in [3.05, 3.63) is 63.7 Å². The highest BCUT2D eigenvalue weighted by Crippen LogP contribution is 2.23. The van der Waals surface area contributed by atoms with E-state index in [2.05, 4.69) is 24.0 Å². The molecule has 0 bridgehead atoms. The van der Waals surface area contributed by atoms with Crippen molar-refractivity contribution < 1.29 is 9.47 Å². The number of aryl methyl sites for hydroxylation is 3. The molecule has 35 heavy (non-hydrogen) atoms. The lowest BCUT2D eigenvalue weighted by atomic mass is 9.52. The lowest BCUT2D eigenvalue weighted by Gasteiger charge is -2.36. The van der Waals surface area contributed by atoms with Crippen LogP contribution in [0.3, 0.4) is 0 Å². The van der Waals surface area contributed by atoms with Crippen LogP contribution in [0.15, 0.2) is 46.1 Å². The second kappa shape index (κ2) is 10.8. The molecule has 1 atom stereocenters. The van der Waals surface area contributed by atoms with Gasteiger partial charge in [-0.05, 0) is 79.0 Å². The predicted octanol–water partition coefficient (Wildman–Crippen LogP) is 1.56. The number of hydrogen-bond acceptors (Lipinski definition) is 7. The van der Waals surface area contributed by atoms with E-state index in [9.17, 15) is 4.79 Å². The topological polar surface area (TPSA) is 82.6 Å². The summed E-state index contributed by atoms with van der Waals surface area (Å²) in [6.07, 6.45) is 0.512. The van der Waals surface area contributed by atoms with Crippen LogP contribution in [-0.2, 0) is 22.4 Å². The molecule has 1 saturated heterocycles. The van der Waals surface area contributed by atoms with E-state index in [4.69, 9.17) is 43.1 Å². The summed E-state index contributed by atoms with van der Waals surface area (Å²) >= 11 is 1.23. The fourth-order valence-corrected chi connectivity index (χ4v) is 4.72. The van der Waals surface area contributed by atoms with Gasteiger partial charge in [-0.25, -0.2) is 4.98 Å². The average molecular weight is 484 g/mol. The minimum atomic E-state index is -1.69. The van der Waals surface area contributed by atoms with Gasteiger partial charge in [-0.2, -0.15) is 0 Å². The van der Waals surface area contributed by atoms with Crippen LogP contribution in [-0.4, -0.2) is 70.8 Å². The van der Waals surface area contributed by atoms with Crippen LogP contribution in [0.2, 0.25) is 0 Å². The number of nitrogens with two attached hydrogens (primary N) is 1. The molecule has 0 amide bonds. The van der Waals surface area contributed by atoms with Gasteiger partial charge in [0, 0.05) is 30.2 Å². The average Bonchev–Trinajstić information content (AvgIpc) is 2.82. The van der Waals surface area contributed by atoms with Gasteiger partial charge < -0.3 is 14.4 Å². The van der Waals surface area contributed by atoms with E-state index in [0.29, 0.717) is 43.0 Å². The second-order valence-electron chi connectivity index (χ2n) is 8.88. The first-order valence-corrected chi connectivity index (χ1v) is 12.4. The summed E-state index contributed by atoms with van der Waals surface area (Å²) in [5.74, 6) is 0.685. The Morgan fingerprint density at radius 2 is 2.03 bits per heavy atom. The molecular weight excluding hydrogens is 457 g/mol. The predicted molar refractivity (Wildman–Crippen MR) is 144 cm³/mol. The van der Waals surface area contributed by atoms with Crippen LogP contribution in [0.4, 0.5) is 5.69 Å². The lowest BCUT2D eigenvalue weighted by Crippen LogP contribution is -2.47. The highest BCUT2D eigenvalue weighted by Gasteiger charge is 2.23. The smallest absolute Gasteiger partial charge is 0.261 e. The highest BCUT2D eigenvalue weighted by atomic mass is 32.2. The first-order valence-electron chi connectivity index (χ1n) is 11.5. The quantitative estimate of drug-likeness (QED) is 0.384. The summed E-state index contributed by atoms with van der Waals surface area (Å²) in [4.78, 5) is 21.2. The van der Waals surface area contributed by atoms with E-state index in [-0.39, 0.29) is 18.3 Å². The molecule has 4 rings (SSSR count). The van der Waals surface area contributed by atoms with Crippen molar-refractivity contribution in [2.45, 2.75) is 43.1 Å². The van der Waals surface area contributed by atoms with Crippen molar-refractivity contribution in [3.8, 4) is 0 Å². The van der Waals surface area contributed by atoms with Crippen LogP contribution < -0.4 is 15.6 Å². The minimum Gasteiger partial charge on any atom is -0.400 e. The molecule has 1 aromatic heterocycles. The number of nitrogens with zero attached hydrogens (tertiary/aromatic N) is 3. The van der Waals surface area contributed by atoms with Crippen molar-refractivity contribution in [1.29, 1.82) is 0 Å². The molecule has 1 aliphatic rings. The van der Waals surface area contributed by atoms with Crippen molar-refractivity contribution >= 4 is 52.1 Å². The van der Waals surface area contributed by atoms with Crippen LogP contribution in [0.5, 0.6) is 0 Å². The Morgan fingerprint density at radius 1 is 1.23 bits per heavy atom. The van der Waals surface area contributed by atoms with Crippen molar-refractivity contribution in [1.82, 2.24) is 9.55 Å². The minimum absolute atomic E-state index is 0.0377. The molecule has 1 unspecified atom stereocenters. The second-order valence-corrected chi connectivity index (χ2v) is 9.58. The number of aromatic nitrogens is 2. The maximum absolute atomic E-state index is 13.3. The number of hydrogen-bond donors (Lipinski definition) is 1. The highest BCUT2D eigenvalue weighted by molar-refractivity contribution is 7.97. The van der Waals surface area contributed by atoms with E-state index in [1.807, 2.05) is 31.2 Å². The molecule has 0 aliphatic carbocycles. The molecule has 2 heterocycles. The third-order valence-electron chi connectivity index (χ3n) is 6.21. The van der Waals surface area contributed by atoms with E-state index in [1.165, 1.54) is 17.5 Å². The first-order chi connectivity index (χ1) is 16.6. The van der Waals surface area contributed by atoms with Gasteiger partial charge in [-0.15, -0.1) is 0 Å². The number of morpholine rings is 1. The Kier molecular flexibility index (Phi) is 8.00. The largest absolute Gasteiger partial charge is 0.400 e. The maximum Gasteiger partial charge on any atom is 0.261 e. The zero-order chi connectivity index (χ0) is 25.2.